The zero-order valence-electron chi connectivity index (χ0n) is 10.7. The van der Waals surface area contributed by atoms with Crippen molar-refractivity contribution in [3.8, 4) is 6.07 Å². The van der Waals surface area contributed by atoms with Gasteiger partial charge in [-0.3, -0.25) is 14.5 Å². The van der Waals surface area contributed by atoms with E-state index in [1.807, 2.05) is 0 Å². The Morgan fingerprint density at radius 2 is 2.10 bits per heavy atom. The van der Waals surface area contributed by atoms with Crippen LogP contribution in [0.25, 0.3) is 0 Å². The number of hydrogen-bond acceptors (Lipinski definition) is 5. The van der Waals surface area contributed by atoms with E-state index in [4.69, 9.17) is 5.26 Å². The Labute approximate surface area is 117 Å². The minimum atomic E-state index is -4.67. The summed E-state index contributed by atoms with van der Waals surface area (Å²) in [6.45, 7) is 0. The second kappa shape index (κ2) is 5.05. The first kappa shape index (κ1) is 14.8. The van der Waals surface area contributed by atoms with Crippen LogP contribution >= 0.6 is 0 Å². The number of likely N-dealkylation sites (N-methyl/N-ethyl adjacent to an activating group) is 1. The normalized spacial score (nSPS) is 18.8. The van der Waals surface area contributed by atoms with Crippen LogP contribution in [0.5, 0.6) is 0 Å². The number of hydrogen-bond donors (Lipinski definition) is 1. The van der Waals surface area contributed by atoms with Crippen molar-refractivity contribution in [2.24, 2.45) is 0 Å². The van der Waals surface area contributed by atoms with E-state index >= 15 is 0 Å². The number of nitrogens with zero attached hydrogens (tertiary/aromatic N) is 3. The molecule has 1 atom stereocenters. The van der Waals surface area contributed by atoms with Crippen LogP contribution in [0, 0.1) is 11.3 Å². The molecule has 21 heavy (non-hydrogen) atoms. The Hall–Kier alpha value is -2.63. The summed E-state index contributed by atoms with van der Waals surface area (Å²) >= 11 is 0. The molecule has 1 saturated heterocycles. The van der Waals surface area contributed by atoms with Gasteiger partial charge in [-0.2, -0.15) is 18.4 Å². The van der Waals surface area contributed by atoms with Gasteiger partial charge in [0.25, 0.3) is 5.91 Å². The van der Waals surface area contributed by atoms with Crippen LogP contribution in [-0.4, -0.2) is 34.8 Å². The van der Waals surface area contributed by atoms with E-state index in [0.29, 0.717) is 6.07 Å². The number of aromatic nitrogens is 1. The molecule has 0 saturated carbocycles. The molecule has 1 aromatic heterocycles. The summed E-state index contributed by atoms with van der Waals surface area (Å²) < 4.78 is 37.8. The second-order valence-corrected chi connectivity index (χ2v) is 4.39. The molecule has 1 aromatic rings. The number of carbonyl (C=O) groups is 2. The molecule has 0 aliphatic carbocycles. The Kier molecular flexibility index (Phi) is 3.55. The van der Waals surface area contributed by atoms with Gasteiger partial charge >= 0.3 is 6.18 Å². The summed E-state index contributed by atoms with van der Waals surface area (Å²) in [6, 6.07) is 2.30. The lowest BCUT2D eigenvalue weighted by Crippen LogP contribution is -2.32. The minimum absolute atomic E-state index is 0.141. The predicted octanol–water partition coefficient (Wildman–Crippen LogP) is 1.14. The third kappa shape index (κ3) is 2.79. The van der Waals surface area contributed by atoms with Crippen molar-refractivity contribution in [2.75, 3.05) is 12.4 Å². The maximum atomic E-state index is 12.6. The van der Waals surface area contributed by atoms with Crippen molar-refractivity contribution in [1.82, 2.24) is 9.88 Å². The first-order chi connectivity index (χ1) is 9.74. The number of likely N-dealkylation sites (tertiary alicyclic amines) is 1. The van der Waals surface area contributed by atoms with E-state index in [9.17, 15) is 22.8 Å². The Morgan fingerprint density at radius 1 is 1.43 bits per heavy atom. The van der Waals surface area contributed by atoms with Gasteiger partial charge in [-0.05, 0) is 12.1 Å². The van der Waals surface area contributed by atoms with Crippen LogP contribution in [0.4, 0.5) is 19.0 Å². The quantitative estimate of drug-likeness (QED) is 0.827. The third-order valence-corrected chi connectivity index (χ3v) is 3.00. The van der Waals surface area contributed by atoms with E-state index in [2.05, 4.69) is 10.3 Å². The second-order valence-electron chi connectivity index (χ2n) is 4.39. The molecule has 2 heterocycles. The number of alkyl halides is 3. The van der Waals surface area contributed by atoms with Crippen molar-refractivity contribution >= 4 is 17.6 Å². The minimum Gasteiger partial charge on any atom is -0.357 e. The fraction of sp³-hybridized carbons (Fsp3) is 0.333. The number of nitrogens with one attached hydrogen (secondary N) is 1. The summed E-state index contributed by atoms with van der Waals surface area (Å²) in [5.41, 5.74) is -1.33. The molecule has 0 aromatic carbocycles. The number of pyridine rings is 1. The van der Waals surface area contributed by atoms with E-state index in [-0.39, 0.29) is 17.8 Å². The van der Waals surface area contributed by atoms with Gasteiger partial charge < -0.3 is 5.32 Å². The van der Waals surface area contributed by atoms with E-state index in [0.717, 1.165) is 11.0 Å². The van der Waals surface area contributed by atoms with Crippen molar-refractivity contribution in [3.63, 3.8) is 0 Å². The molecular formula is C12H9F3N4O2. The molecule has 2 amide bonds. The van der Waals surface area contributed by atoms with Gasteiger partial charge in [0.1, 0.15) is 23.6 Å². The van der Waals surface area contributed by atoms with Crippen LogP contribution in [0.15, 0.2) is 12.1 Å². The number of halogens is 3. The zero-order valence-corrected chi connectivity index (χ0v) is 10.7. The van der Waals surface area contributed by atoms with E-state index in [1.54, 1.807) is 6.07 Å². The van der Waals surface area contributed by atoms with Gasteiger partial charge in [0.2, 0.25) is 5.91 Å². The fourth-order valence-electron chi connectivity index (χ4n) is 1.85. The summed E-state index contributed by atoms with van der Waals surface area (Å²) in [5.74, 6) is -1.40. The average molecular weight is 298 g/mol. The number of carbonyl (C=O) groups excluding carboxylic acids is 2. The van der Waals surface area contributed by atoms with E-state index in [1.165, 1.54) is 7.05 Å². The Morgan fingerprint density at radius 3 is 2.57 bits per heavy atom. The molecule has 1 N–H and O–H groups in total. The highest BCUT2D eigenvalue weighted by Gasteiger charge is 2.37. The molecule has 0 radical (unpaired) electrons. The van der Waals surface area contributed by atoms with Crippen molar-refractivity contribution in [3.05, 3.63) is 23.4 Å². The highest BCUT2D eigenvalue weighted by Crippen LogP contribution is 2.30. The van der Waals surface area contributed by atoms with Gasteiger partial charge in [0.05, 0.1) is 12.0 Å². The predicted molar refractivity (Wildman–Crippen MR) is 63.8 cm³/mol. The topological polar surface area (TPSA) is 86.1 Å². The van der Waals surface area contributed by atoms with Gasteiger partial charge in [-0.1, -0.05) is 0 Å². The van der Waals surface area contributed by atoms with Crippen LogP contribution in [-0.2, 0) is 15.8 Å². The highest BCUT2D eigenvalue weighted by molar-refractivity contribution is 6.06. The third-order valence-electron chi connectivity index (χ3n) is 3.00. The number of amides is 2. The van der Waals surface area contributed by atoms with Crippen LogP contribution in [0.1, 0.15) is 17.7 Å². The fourth-order valence-corrected chi connectivity index (χ4v) is 1.85. The zero-order chi connectivity index (χ0) is 15.8. The molecule has 2 rings (SSSR count). The van der Waals surface area contributed by atoms with Crippen LogP contribution < -0.4 is 5.32 Å². The van der Waals surface area contributed by atoms with Crippen molar-refractivity contribution in [2.45, 2.75) is 18.6 Å². The number of imide groups is 1. The Bertz CT molecular complexity index is 651. The number of rotatable bonds is 2. The molecule has 6 nitrogen and oxygen atoms in total. The van der Waals surface area contributed by atoms with Gasteiger partial charge in [0, 0.05) is 7.05 Å². The average Bonchev–Trinajstić information content (AvgIpc) is 2.65. The molecule has 0 unspecified atom stereocenters. The molecule has 9 heteroatoms. The van der Waals surface area contributed by atoms with E-state index < -0.39 is 29.7 Å². The van der Waals surface area contributed by atoms with Crippen LogP contribution in [0.2, 0.25) is 0 Å². The van der Waals surface area contributed by atoms with Gasteiger partial charge in [0.15, 0.2) is 0 Å². The molecule has 110 valence electrons. The Balaban J connectivity index is 2.33. The first-order valence-electron chi connectivity index (χ1n) is 5.79. The van der Waals surface area contributed by atoms with Gasteiger partial charge in [-0.25, -0.2) is 4.98 Å². The maximum absolute atomic E-state index is 12.6. The highest BCUT2D eigenvalue weighted by atomic mass is 19.4. The number of nitriles is 1. The maximum Gasteiger partial charge on any atom is 0.433 e. The summed E-state index contributed by atoms with van der Waals surface area (Å²) in [4.78, 5) is 27.3. The molecule has 0 bridgehead atoms. The lowest BCUT2D eigenvalue weighted by Gasteiger charge is -2.14. The molecule has 1 fully saturated rings. The summed E-state index contributed by atoms with van der Waals surface area (Å²) in [7, 11) is 1.27. The van der Waals surface area contributed by atoms with Crippen molar-refractivity contribution in [1.29, 1.82) is 5.26 Å². The standard InChI is InChI=1S/C12H9F3N4O2/c1-19-9(20)4-7(11(19)21)17-10-6(5-16)2-3-8(18-10)12(13,14)15/h2-3,7H,4H2,1H3,(H,17,18)/t7-/m0/s1. The summed E-state index contributed by atoms with van der Waals surface area (Å²) in [6.07, 6.45) is -4.87. The van der Waals surface area contributed by atoms with Crippen LogP contribution in [0.3, 0.4) is 0 Å². The summed E-state index contributed by atoms with van der Waals surface area (Å²) in [5, 5.41) is 11.3. The van der Waals surface area contributed by atoms with Gasteiger partial charge in [-0.15, -0.1) is 0 Å². The first-order valence-corrected chi connectivity index (χ1v) is 5.79. The smallest absolute Gasteiger partial charge is 0.357 e. The molecular weight excluding hydrogens is 289 g/mol. The largest absolute Gasteiger partial charge is 0.433 e. The molecule has 0 spiro atoms. The lowest BCUT2D eigenvalue weighted by molar-refractivity contribution is -0.141. The SMILES string of the molecule is CN1C(=O)C[C@H](Nc2nc(C(F)(F)F)ccc2C#N)C1=O. The monoisotopic (exact) mass is 298 g/mol. The number of anilines is 1. The van der Waals surface area contributed by atoms with Crippen molar-refractivity contribution < 1.29 is 22.8 Å². The molecule has 1 aliphatic heterocycles. The molecule has 1 aliphatic rings. The lowest BCUT2D eigenvalue weighted by atomic mass is 10.2.